The molecule has 0 radical (unpaired) electrons. The van der Waals surface area contributed by atoms with Crippen molar-refractivity contribution in [1.82, 2.24) is 9.55 Å². The highest BCUT2D eigenvalue weighted by Crippen LogP contribution is 2.37. The average molecular weight is 263 g/mol. The molecule has 0 saturated carbocycles. The van der Waals surface area contributed by atoms with Gasteiger partial charge in [-0.2, -0.15) is 0 Å². The summed E-state index contributed by atoms with van der Waals surface area (Å²) in [5.41, 5.74) is 3.61. The second-order valence-corrected chi connectivity index (χ2v) is 5.49. The Morgan fingerprint density at radius 3 is 2.65 bits per heavy atom. The van der Waals surface area contributed by atoms with Crippen LogP contribution in [0.4, 0.5) is 5.95 Å². The molecule has 0 unspecified atom stereocenters. The largest absolute Gasteiger partial charge is 0.349 e. The monoisotopic (exact) mass is 263 g/mol. The number of hydrogen-bond donors (Lipinski definition) is 1. The molecule has 2 heterocycles. The molecule has 2 atom stereocenters. The highest BCUT2D eigenvalue weighted by molar-refractivity contribution is 5.79. The van der Waals surface area contributed by atoms with Crippen molar-refractivity contribution in [3.63, 3.8) is 0 Å². The molecule has 1 N–H and O–H groups in total. The summed E-state index contributed by atoms with van der Waals surface area (Å²) in [6.07, 6.45) is 1.08. The zero-order chi connectivity index (χ0) is 13.5. The van der Waals surface area contributed by atoms with E-state index in [1.165, 1.54) is 11.1 Å². The van der Waals surface area contributed by atoms with Crippen LogP contribution in [0, 0.1) is 0 Å². The summed E-state index contributed by atoms with van der Waals surface area (Å²) in [4.78, 5) is 4.73. The molecule has 100 valence electrons. The molecule has 1 aromatic heterocycles. The van der Waals surface area contributed by atoms with Gasteiger partial charge in [-0.05, 0) is 31.0 Å². The number of fused-ring (bicyclic) bond motifs is 3. The van der Waals surface area contributed by atoms with Crippen LogP contribution in [-0.4, -0.2) is 9.55 Å². The maximum absolute atomic E-state index is 4.73. The number of benzene rings is 2. The molecule has 2 aromatic carbocycles. The number of rotatable bonds is 1. The van der Waals surface area contributed by atoms with E-state index in [1.54, 1.807) is 0 Å². The van der Waals surface area contributed by atoms with Gasteiger partial charge in [0.25, 0.3) is 0 Å². The quantitative estimate of drug-likeness (QED) is 0.714. The standard InChI is InChI=1S/C17H17N3/c1-12-11-15(13-7-3-2-4-8-13)19-17-18-14-9-5-6-10-16(14)20(12)17/h2-10,12,15H,11H2,1H3,(H,18,19)/t12-,15+/m0/s1. The van der Waals surface area contributed by atoms with Crippen molar-refractivity contribution >= 4 is 17.0 Å². The van der Waals surface area contributed by atoms with Crippen LogP contribution in [-0.2, 0) is 0 Å². The van der Waals surface area contributed by atoms with E-state index in [9.17, 15) is 0 Å². The normalized spacial score (nSPS) is 21.4. The summed E-state index contributed by atoms with van der Waals surface area (Å²) >= 11 is 0. The average Bonchev–Trinajstić information content (AvgIpc) is 2.87. The van der Waals surface area contributed by atoms with Crippen molar-refractivity contribution < 1.29 is 0 Å². The summed E-state index contributed by atoms with van der Waals surface area (Å²) in [5, 5.41) is 3.58. The first kappa shape index (κ1) is 11.5. The Morgan fingerprint density at radius 2 is 1.80 bits per heavy atom. The van der Waals surface area contributed by atoms with Crippen LogP contribution in [0.25, 0.3) is 11.0 Å². The first-order valence-electron chi connectivity index (χ1n) is 7.11. The molecule has 0 fully saturated rings. The van der Waals surface area contributed by atoms with Crippen molar-refractivity contribution in [3.05, 3.63) is 60.2 Å². The molecular weight excluding hydrogens is 246 g/mol. The number of para-hydroxylation sites is 2. The Bertz CT molecular complexity index is 745. The lowest BCUT2D eigenvalue weighted by atomic mass is 9.98. The van der Waals surface area contributed by atoms with Gasteiger partial charge >= 0.3 is 0 Å². The maximum atomic E-state index is 4.73. The lowest BCUT2D eigenvalue weighted by Gasteiger charge is -2.31. The van der Waals surface area contributed by atoms with Crippen molar-refractivity contribution in [2.24, 2.45) is 0 Å². The van der Waals surface area contributed by atoms with Gasteiger partial charge in [0, 0.05) is 6.04 Å². The van der Waals surface area contributed by atoms with Crippen LogP contribution in [0.1, 0.15) is 31.0 Å². The van der Waals surface area contributed by atoms with Gasteiger partial charge in [0.2, 0.25) is 5.95 Å². The Hall–Kier alpha value is -2.29. The minimum Gasteiger partial charge on any atom is -0.349 e. The molecule has 1 aliphatic rings. The van der Waals surface area contributed by atoms with Crippen molar-refractivity contribution in [2.75, 3.05) is 5.32 Å². The molecule has 1 aliphatic heterocycles. The molecule has 0 amide bonds. The van der Waals surface area contributed by atoms with Gasteiger partial charge in [-0.1, -0.05) is 42.5 Å². The Morgan fingerprint density at radius 1 is 1.05 bits per heavy atom. The summed E-state index contributed by atoms with van der Waals surface area (Å²) in [6, 6.07) is 19.8. The molecule has 0 saturated heterocycles. The van der Waals surface area contributed by atoms with E-state index in [0.717, 1.165) is 17.9 Å². The zero-order valence-electron chi connectivity index (χ0n) is 11.5. The van der Waals surface area contributed by atoms with Gasteiger partial charge in [-0.3, -0.25) is 0 Å². The summed E-state index contributed by atoms with van der Waals surface area (Å²) in [5.74, 6) is 0.985. The molecule has 3 heteroatoms. The molecule has 0 aliphatic carbocycles. The molecule has 3 aromatic rings. The van der Waals surface area contributed by atoms with E-state index in [1.807, 2.05) is 6.07 Å². The SMILES string of the molecule is C[C@H]1C[C@H](c2ccccc2)Nc2nc3ccccc3n21. The van der Waals surface area contributed by atoms with E-state index in [-0.39, 0.29) is 0 Å². The Labute approximate surface area is 118 Å². The van der Waals surface area contributed by atoms with E-state index in [2.05, 4.69) is 65.3 Å². The number of imidazole rings is 1. The van der Waals surface area contributed by atoms with Crippen LogP contribution >= 0.6 is 0 Å². The number of aromatic nitrogens is 2. The first-order chi connectivity index (χ1) is 9.83. The van der Waals surface area contributed by atoms with E-state index in [0.29, 0.717) is 12.1 Å². The minimum atomic E-state index is 0.343. The van der Waals surface area contributed by atoms with Crippen LogP contribution in [0.15, 0.2) is 54.6 Å². The molecule has 0 spiro atoms. The van der Waals surface area contributed by atoms with Crippen LogP contribution in [0.3, 0.4) is 0 Å². The van der Waals surface area contributed by atoms with Crippen LogP contribution in [0.5, 0.6) is 0 Å². The van der Waals surface area contributed by atoms with E-state index >= 15 is 0 Å². The predicted octanol–water partition coefficient (Wildman–Crippen LogP) is 4.15. The Balaban J connectivity index is 1.80. The Kier molecular flexibility index (Phi) is 2.52. The van der Waals surface area contributed by atoms with Gasteiger partial charge < -0.3 is 9.88 Å². The molecular formula is C17H17N3. The van der Waals surface area contributed by atoms with Gasteiger partial charge in [0.15, 0.2) is 0 Å². The van der Waals surface area contributed by atoms with Crippen molar-refractivity contribution in [2.45, 2.75) is 25.4 Å². The fraction of sp³-hybridized carbons (Fsp3) is 0.235. The highest BCUT2D eigenvalue weighted by atomic mass is 15.3. The van der Waals surface area contributed by atoms with Gasteiger partial charge in [0.1, 0.15) is 0 Å². The maximum Gasteiger partial charge on any atom is 0.204 e. The zero-order valence-corrected chi connectivity index (χ0v) is 11.5. The second-order valence-electron chi connectivity index (χ2n) is 5.49. The second kappa shape index (κ2) is 4.37. The summed E-state index contributed by atoms with van der Waals surface area (Å²) in [7, 11) is 0. The van der Waals surface area contributed by atoms with Crippen molar-refractivity contribution in [1.29, 1.82) is 0 Å². The minimum absolute atomic E-state index is 0.343. The van der Waals surface area contributed by atoms with Gasteiger partial charge in [0.05, 0.1) is 17.1 Å². The van der Waals surface area contributed by atoms with Crippen LogP contribution in [0.2, 0.25) is 0 Å². The molecule has 20 heavy (non-hydrogen) atoms. The topological polar surface area (TPSA) is 29.9 Å². The summed E-state index contributed by atoms with van der Waals surface area (Å²) in [6.45, 7) is 2.27. The molecule has 4 rings (SSSR count). The third-order valence-corrected chi connectivity index (χ3v) is 4.12. The molecule has 3 nitrogen and oxygen atoms in total. The fourth-order valence-electron chi connectivity index (χ4n) is 3.16. The van der Waals surface area contributed by atoms with E-state index in [4.69, 9.17) is 4.98 Å². The smallest absolute Gasteiger partial charge is 0.204 e. The molecule has 0 bridgehead atoms. The summed E-state index contributed by atoms with van der Waals surface area (Å²) < 4.78 is 2.31. The predicted molar refractivity (Wildman–Crippen MR) is 81.9 cm³/mol. The van der Waals surface area contributed by atoms with E-state index < -0.39 is 0 Å². The number of hydrogen-bond acceptors (Lipinski definition) is 2. The lowest BCUT2D eigenvalue weighted by molar-refractivity contribution is 0.451. The number of nitrogens with one attached hydrogen (secondary N) is 1. The lowest BCUT2D eigenvalue weighted by Crippen LogP contribution is -2.25. The van der Waals surface area contributed by atoms with Gasteiger partial charge in [-0.25, -0.2) is 4.98 Å². The number of nitrogens with zero attached hydrogens (tertiary/aromatic N) is 2. The fourth-order valence-corrected chi connectivity index (χ4v) is 3.16. The third kappa shape index (κ3) is 1.70. The highest BCUT2D eigenvalue weighted by Gasteiger charge is 2.26. The van der Waals surface area contributed by atoms with Crippen molar-refractivity contribution in [3.8, 4) is 0 Å². The number of anilines is 1. The third-order valence-electron chi connectivity index (χ3n) is 4.12. The van der Waals surface area contributed by atoms with Gasteiger partial charge in [-0.15, -0.1) is 0 Å². The van der Waals surface area contributed by atoms with Crippen LogP contribution < -0.4 is 5.32 Å². The first-order valence-corrected chi connectivity index (χ1v) is 7.11.